The van der Waals surface area contributed by atoms with Crippen LogP contribution in [0.15, 0.2) is 24.3 Å². The average molecular weight is 631 g/mol. The Balaban J connectivity index is 2.39. The van der Waals surface area contributed by atoms with E-state index in [-0.39, 0.29) is 36.4 Å². The fourth-order valence-corrected chi connectivity index (χ4v) is 6.25. The van der Waals surface area contributed by atoms with Crippen LogP contribution in [0.25, 0.3) is 0 Å². The largest absolute Gasteiger partial charge is 0.508 e. The molecule has 1 unspecified atom stereocenters. The smallest absolute Gasteiger partial charge is 0.306 e. The number of Topliss-reactive ketones (excluding diaryl/α,β-unsaturated/α-hetero) is 1. The zero-order chi connectivity index (χ0) is 32.8. The van der Waals surface area contributed by atoms with Crippen LogP contribution in [-0.4, -0.2) is 34.7 Å². The second-order valence-electron chi connectivity index (χ2n) is 13.5. The van der Waals surface area contributed by atoms with E-state index in [0.717, 1.165) is 37.7 Å². The van der Waals surface area contributed by atoms with Crippen molar-refractivity contribution in [3.05, 3.63) is 29.8 Å². The van der Waals surface area contributed by atoms with E-state index in [1.807, 2.05) is 0 Å². The highest BCUT2D eigenvalue weighted by atomic mass is 16.5. The minimum Gasteiger partial charge on any atom is -0.508 e. The maximum Gasteiger partial charge on any atom is 0.306 e. The van der Waals surface area contributed by atoms with Crippen LogP contribution in [0, 0.1) is 0 Å². The lowest BCUT2D eigenvalue weighted by Crippen LogP contribution is -2.25. The van der Waals surface area contributed by atoms with Crippen molar-refractivity contribution in [2.24, 2.45) is 0 Å². The third-order valence-electron chi connectivity index (χ3n) is 9.18. The number of ether oxygens (including phenoxy) is 1. The predicted octanol–water partition coefficient (Wildman–Crippen LogP) is 11.5. The Morgan fingerprint density at radius 2 is 1.00 bits per heavy atom. The lowest BCUT2D eigenvalue weighted by molar-refractivity contribution is -0.151. The first-order valence-electron chi connectivity index (χ1n) is 19.1. The highest BCUT2D eigenvalue weighted by Crippen LogP contribution is 2.26. The maximum absolute atomic E-state index is 12.9. The zero-order valence-corrected chi connectivity index (χ0v) is 29.4. The maximum atomic E-state index is 12.9. The van der Waals surface area contributed by atoms with Crippen molar-refractivity contribution in [2.45, 2.75) is 199 Å². The molecule has 0 saturated carbocycles. The Kier molecular flexibility index (Phi) is 27.0. The monoisotopic (exact) mass is 631 g/mol. The minimum absolute atomic E-state index is 0.107. The molecule has 45 heavy (non-hydrogen) atoms. The summed E-state index contributed by atoms with van der Waals surface area (Å²) >= 11 is 0. The Morgan fingerprint density at radius 1 is 0.600 bits per heavy atom. The van der Waals surface area contributed by atoms with E-state index in [4.69, 9.17) is 4.74 Å². The molecule has 0 aliphatic heterocycles. The van der Waals surface area contributed by atoms with Gasteiger partial charge in [0, 0.05) is 25.2 Å². The van der Waals surface area contributed by atoms with E-state index in [9.17, 15) is 19.8 Å². The van der Waals surface area contributed by atoms with Gasteiger partial charge in [-0.15, -0.1) is 0 Å². The normalized spacial score (nSPS) is 12.7. The summed E-state index contributed by atoms with van der Waals surface area (Å²) in [5.41, 5.74) is 0.870. The van der Waals surface area contributed by atoms with Gasteiger partial charge >= 0.3 is 5.97 Å². The molecule has 5 heteroatoms. The summed E-state index contributed by atoms with van der Waals surface area (Å²) in [6, 6.07) is 6.78. The van der Waals surface area contributed by atoms with Crippen molar-refractivity contribution in [3.63, 3.8) is 0 Å². The summed E-state index contributed by atoms with van der Waals surface area (Å²) in [7, 11) is 0. The molecular formula is C40H70O5. The molecule has 0 spiro atoms. The molecule has 0 amide bonds. The van der Waals surface area contributed by atoms with Gasteiger partial charge in [-0.1, -0.05) is 161 Å². The van der Waals surface area contributed by atoms with Crippen molar-refractivity contribution >= 4 is 11.8 Å². The van der Waals surface area contributed by atoms with Gasteiger partial charge in [0.1, 0.15) is 17.6 Å². The second kappa shape index (κ2) is 29.5. The first-order valence-corrected chi connectivity index (χ1v) is 19.1. The van der Waals surface area contributed by atoms with Crippen molar-refractivity contribution in [3.8, 4) is 5.75 Å². The van der Waals surface area contributed by atoms with Crippen LogP contribution in [0.5, 0.6) is 5.75 Å². The third-order valence-corrected chi connectivity index (χ3v) is 9.18. The van der Waals surface area contributed by atoms with Gasteiger partial charge in [-0.05, 0) is 37.0 Å². The number of carbonyl (C=O) groups is 2. The molecule has 1 aromatic carbocycles. The quantitative estimate of drug-likeness (QED) is 0.0611. The fourth-order valence-electron chi connectivity index (χ4n) is 6.25. The molecule has 0 aliphatic carbocycles. The number of benzene rings is 1. The number of phenolic OH excluding ortho intramolecular Hbond substituents is 1. The van der Waals surface area contributed by atoms with Gasteiger partial charge in [-0.2, -0.15) is 0 Å². The molecule has 0 heterocycles. The van der Waals surface area contributed by atoms with Gasteiger partial charge in [-0.25, -0.2) is 0 Å². The van der Waals surface area contributed by atoms with Crippen LogP contribution in [0.3, 0.4) is 0 Å². The van der Waals surface area contributed by atoms with Crippen LogP contribution < -0.4 is 0 Å². The Bertz CT molecular complexity index is 820. The number of phenols is 1. The van der Waals surface area contributed by atoms with E-state index in [0.29, 0.717) is 19.3 Å². The number of aliphatic hydroxyl groups is 1. The van der Waals surface area contributed by atoms with Crippen LogP contribution >= 0.6 is 0 Å². The number of aromatic hydroxyl groups is 1. The SMILES string of the molecule is CCCCCCCCCCCCCCC(=O)O[C@H](CC(=O)CCCCCCCCCCCCC)CC(CO)c1ccc(O)cc1. The van der Waals surface area contributed by atoms with Crippen LogP contribution in [0.4, 0.5) is 0 Å². The minimum atomic E-state index is -0.541. The van der Waals surface area contributed by atoms with Crippen molar-refractivity contribution < 1.29 is 24.5 Å². The molecule has 2 N–H and O–H groups in total. The number of carbonyl (C=O) groups excluding carboxylic acids is 2. The number of hydrogen-bond acceptors (Lipinski definition) is 5. The molecule has 0 bridgehead atoms. The van der Waals surface area contributed by atoms with Crippen LogP contribution in [0.1, 0.15) is 199 Å². The lowest BCUT2D eigenvalue weighted by atomic mass is 9.91. The van der Waals surface area contributed by atoms with Crippen molar-refractivity contribution in [2.75, 3.05) is 6.61 Å². The summed E-state index contributed by atoms with van der Waals surface area (Å²) in [6.45, 7) is 4.40. The molecule has 0 aromatic heterocycles. The molecule has 5 nitrogen and oxygen atoms in total. The van der Waals surface area contributed by atoms with Gasteiger partial charge in [0.05, 0.1) is 6.61 Å². The highest BCUT2D eigenvalue weighted by Gasteiger charge is 2.23. The standard InChI is InChI=1S/C40H70O5/c1-3-5-7-9-11-13-15-17-19-21-23-25-27-40(44)45-39(32-36(34-41)35-28-30-37(42)31-29-35)33-38(43)26-24-22-20-18-16-14-12-10-8-6-4-2/h28-31,36,39,41-42H,3-27,32-34H2,1-2H3/t36?,39-/m0/s1. The predicted molar refractivity (Wildman–Crippen MR) is 189 cm³/mol. The summed E-state index contributed by atoms with van der Waals surface area (Å²) in [6.07, 6.45) is 29.6. The number of hydrogen-bond donors (Lipinski definition) is 2. The van der Waals surface area contributed by atoms with Crippen molar-refractivity contribution in [1.82, 2.24) is 0 Å². The van der Waals surface area contributed by atoms with E-state index >= 15 is 0 Å². The van der Waals surface area contributed by atoms with E-state index < -0.39 is 6.10 Å². The van der Waals surface area contributed by atoms with Gasteiger partial charge in [0.25, 0.3) is 0 Å². The first-order chi connectivity index (χ1) is 22.0. The Labute approximate surface area is 277 Å². The first kappa shape index (κ1) is 41.1. The molecule has 1 aromatic rings. The molecule has 1 rings (SSSR count). The van der Waals surface area contributed by atoms with E-state index in [1.165, 1.54) is 116 Å². The Hall–Kier alpha value is -1.88. The summed E-state index contributed by atoms with van der Waals surface area (Å²) in [4.78, 5) is 25.7. The molecule has 260 valence electrons. The molecule has 0 aliphatic rings. The number of ketones is 1. The number of unbranched alkanes of at least 4 members (excludes halogenated alkanes) is 21. The average Bonchev–Trinajstić information content (AvgIpc) is 3.03. The number of esters is 1. The van der Waals surface area contributed by atoms with E-state index in [2.05, 4.69) is 13.8 Å². The third kappa shape index (κ3) is 24.0. The van der Waals surface area contributed by atoms with E-state index in [1.54, 1.807) is 24.3 Å². The number of rotatable bonds is 32. The topological polar surface area (TPSA) is 83.8 Å². The highest BCUT2D eigenvalue weighted by molar-refractivity contribution is 5.79. The number of aliphatic hydroxyl groups excluding tert-OH is 1. The van der Waals surface area contributed by atoms with Gasteiger partial charge < -0.3 is 14.9 Å². The van der Waals surface area contributed by atoms with Crippen LogP contribution in [-0.2, 0) is 14.3 Å². The fraction of sp³-hybridized carbons (Fsp3) is 0.800. The molecular weight excluding hydrogens is 560 g/mol. The molecule has 0 fully saturated rings. The summed E-state index contributed by atoms with van der Waals surface area (Å²) in [5.74, 6) is -0.193. The molecule has 0 radical (unpaired) electrons. The van der Waals surface area contributed by atoms with Crippen LogP contribution in [0.2, 0.25) is 0 Å². The zero-order valence-electron chi connectivity index (χ0n) is 29.4. The molecule has 0 saturated heterocycles. The Morgan fingerprint density at radius 3 is 1.42 bits per heavy atom. The second-order valence-corrected chi connectivity index (χ2v) is 13.5. The van der Waals surface area contributed by atoms with Crippen molar-refractivity contribution in [1.29, 1.82) is 0 Å². The van der Waals surface area contributed by atoms with Gasteiger partial charge in [0.2, 0.25) is 0 Å². The molecule has 2 atom stereocenters. The van der Waals surface area contributed by atoms with Gasteiger partial charge in [0.15, 0.2) is 0 Å². The lowest BCUT2D eigenvalue weighted by Gasteiger charge is -2.23. The summed E-state index contributed by atoms with van der Waals surface area (Å²) in [5, 5.41) is 19.8. The van der Waals surface area contributed by atoms with Gasteiger partial charge in [-0.3, -0.25) is 9.59 Å². The summed E-state index contributed by atoms with van der Waals surface area (Å²) < 4.78 is 5.89.